The quantitative estimate of drug-likeness (QED) is 0.709. The summed E-state index contributed by atoms with van der Waals surface area (Å²) in [6, 6.07) is -0.466. The summed E-state index contributed by atoms with van der Waals surface area (Å²) in [5, 5.41) is 7.65. The average Bonchev–Trinajstić information content (AvgIpc) is 2.83. The molecular formula is C9H11ClN6O. The minimum Gasteiger partial charge on any atom is -0.243 e. The second kappa shape index (κ2) is 3.92. The van der Waals surface area contributed by atoms with E-state index >= 15 is 0 Å². The Labute approximate surface area is 102 Å². The number of nitrogens with zero attached hydrogens (tertiary/aromatic N) is 6. The third-order valence-corrected chi connectivity index (χ3v) is 2.21. The maximum absolute atomic E-state index is 12.1. The summed E-state index contributed by atoms with van der Waals surface area (Å²) in [6.07, 6.45) is 2.57. The van der Waals surface area contributed by atoms with E-state index in [0.29, 0.717) is 5.82 Å². The lowest BCUT2D eigenvalue weighted by atomic mass is 9.96. The highest BCUT2D eigenvalue weighted by atomic mass is 35.5. The van der Waals surface area contributed by atoms with Crippen molar-refractivity contribution in [3.8, 4) is 0 Å². The lowest BCUT2D eigenvalue weighted by Crippen LogP contribution is -2.28. The molecule has 2 rings (SSSR count). The predicted molar refractivity (Wildman–Crippen MR) is 59.9 cm³/mol. The van der Waals surface area contributed by atoms with Gasteiger partial charge in [-0.3, -0.25) is 0 Å². The lowest BCUT2D eigenvalue weighted by Gasteiger charge is -2.16. The predicted octanol–water partition coefficient (Wildman–Crippen LogP) is 1.34. The maximum atomic E-state index is 12.1. The van der Waals surface area contributed by atoms with Crippen LogP contribution in [0.3, 0.4) is 0 Å². The molecule has 0 atom stereocenters. The van der Waals surface area contributed by atoms with Crippen LogP contribution in [0, 0.1) is 0 Å². The Hall–Kier alpha value is -1.76. The molecule has 0 amide bonds. The van der Waals surface area contributed by atoms with E-state index < -0.39 is 6.03 Å². The molecule has 0 saturated heterocycles. The fraction of sp³-hybridized carbons (Fsp3) is 0.444. The van der Waals surface area contributed by atoms with Gasteiger partial charge in [0.2, 0.25) is 5.28 Å². The molecular weight excluding hydrogens is 244 g/mol. The van der Waals surface area contributed by atoms with Gasteiger partial charge in [0.25, 0.3) is 0 Å². The Morgan fingerprint density at radius 1 is 1.41 bits per heavy atom. The van der Waals surface area contributed by atoms with Crippen molar-refractivity contribution in [1.29, 1.82) is 0 Å². The number of hydrogen-bond acceptors (Lipinski definition) is 5. The molecule has 2 heterocycles. The van der Waals surface area contributed by atoms with Gasteiger partial charge in [-0.15, -0.1) is 5.10 Å². The van der Waals surface area contributed by atoms with Crippen LogP contribution in [0.15, 0.2) is 12.7 Å². The maximum Gasteiger partial charge on any atom is 0.372 e. The summed E-state index contributed by atoms with van der Waals surface area (Å²) >= 11 is 5.74. The van der Waals surface area contributed by atoms with Crippen molar-refractivity contribution in [2.45, 2.75) is 26.2 Å². The van der Waals surface area contributed by atoms with Crippen molar-refractivity contribution in [3.63, 3.8) is 0 Å². The van der Waals surface area contributed by atoms with Gasteiger partial charge in [-0.25, -0.2) is 14.8 Å². The average molecular weight is 255 g/mol. The van der Waals surface area contributed by atoms with Crippen LogP contribution in [0.4, 0.5) is 4.79 Å². The van der Waals surface area contributed by atoms with Crippen LogP contribution < -0.4 is 0 Å². The SMILES string of the molecule is CC(C)(C)c1nc(Cl)nn1C(=O)n1cncn1. The summed E-state index contributed by atoms with van der Waals surface area (Å²) < 4.78 is 2.21. The van der Waals surface area contributed by atoms with E-state index in [4.69, 9.17) is 11.6 Å². The molecule has 0 aliphatic carbocycles. The van der Waals surface area contributed by atoms with E-state index in [0.717, 1.165) is 9.36 Å². The van der Waals surface area contributed by atoms with Crippen molar-refractivity contribution < 1.29 is 4.79 Å². The van der Waals surface area contributed by atoms with Gasteiger partial charge in [-0.2, -0.15) is 14.5 Å². The van der Waals surface area contributed by atoms with E-state index in [1.54, 1.807) is 0 Å². The first kappa shape index (κ1) is 11.7. The smallest absolute Gasteiger partial charge is 0.243 e. The highest BCUT2D eigenvalue weighted by molar-refractivity contribution is 6.28. The van der Waals surface area contributed by atoms with Gasteiger partial charge in [0.15, 0.2) is 0 Å². The minimum absolute atomic E-state index is 0.0309. The van der Waals surface area contributed by atoms with E-state index in [1.807, 2.05) is 20.8 Å². The van der Waals surface area contributed by atoms with Gasteiger partial charge < -0.3 is 0 Å². The van der Waals surface area contributed by atoms with Crippen molar-refractivity contribution >= 4 is 17.6 Å². The fourth-order valence-corrected chi connectivity index (χ4v) is 1.47. The van der Waals surface area contributed by atoms with Crippen molar-refractivity contribution in [2.75, 3.05) is 0 Å². The van der Waals surface area contributed by atoms with E-state index in [-0.39, 0.29) is 10.7 Å². The van der Waals surface area contributed by atoms with Gasteiger partial charge in [-0.05, 0) is 11.6 Å². The second-order valence-electron chi connectivity index (χ2n) is 4.49. The third-order valence-electron chi connectivity index (χ3n) is 2.05. The van der Waals surface area contributed by atoms with Crippen LogP contribution >= 0.6 is 11.6 Å². The molecule has 0 N–H and O–H groups in total. The second-order valence-corrected chi connectivity index (χ2v) is 4.83. The summed E-state index contributed by atoms with van der Waals surface area (Å²) in [4.78, 5) is 19.8. The summed E-state index contributed by atoms with van der Waals surface area (Å²) in [7, 11) is 0. The zero-order valence-electron chi connectivity index (χ0n) is 9.62. The number of halogens is 1. The number of carbonyl (C=O) groups excluding carboxylic acids is 1. The van der Waals surface area contributed by atoms with Gasteiger partial charge >= 0.3 is 6.03 Å². The normalized spacial score (nSPS) is 11.8. The molecule has 0 aromatic carbocycles. The molecule has 0 aliphatic rings. The molecule has 17 heavy (non-hydrogen) atoms. The molecule has 7 nitrogen and oxygen atoms in total. The summed E-state index contributed by atoms with van der Waals surface area (Å²) in [5.41, 5.74) is -0.351. The number of aromatic nitrogens is 6. The zero-order chi connectivity index (χ0) is 12.6. The summed E-state index contributed by atoms with van der Waals surface area (Å²) in [5.74, 6) is 0.475. The van der Waals surface area contributed by atoms with E-state index in [1.165, 1.54) is 12.7 Å². The zero-order valence-corrected chi connectivity index (χ0v) is 10.4. The van der Waals surface area contributed by atoms with Crippen molar-refractivity contribution in [2.24, 2.45) is 0 Å². The van der Waals surface area contributed by atoms with Crippen molar-refractivity contribution in [1.82, 2.24) is 29.5 Å². The first-order valence-corrected chi connectivity index (χ1v) is 5.30. The molecule has 0 fully saturated rings. The molecule has 2 aromatic rings. The highest BCUT2D eigenvalue weighted by Gasteiger charge is 2.26. The lowest BCUT2D eigenvalue weighted by molar-refractivity contribution is 0.236. The molecule has 0 radical (unpaired) electrons. The Morgan fingerprint density at radius 3 is 2.65 bits per heavy atom. The number of hydrogen-bond donors (Lipinski definition) is 0. The van der Waals surface area contributed by atoms with Crippen LogP contribution in [0.25, 0.3) is 0 Å². The topological polar surface area (TPSA) is 78.5 Å². The highest BCUT2D eigenvalue weighted by Crippen LogP contribution is 2.21. The Kier molecular flexibility index (Phi) is 2.70. The summed E-state index contributed by atoms with van der Waals surface area (Å²) in [6.45, 7) is 5.75. The molecule has 2 aromatic heterocycles. The molecule has 0 bridgehead atoms. The van der Waals surface area contributed by atoms with Crippen LogP contribution in [0.1, 0.15) is 26.6 Å². The van der Waals surface area contributed by atoms with Crippen molar-refractivity contribution in [3.05, 3.63) is 23.8 Å². The minimum atomic E-state index is -0.466. The number of rotatable bonds is 0. The molecule has 0 unspecified atom stereocenters. The molecule has 0 saturated carbocycles. The Bertz CT molecular complexity index is 538. The van der Waals surface area contributed by atoms with Crippen LogP contribution in [0.2, 0.25) is 5.28 Å². The van der Waals surface area contributed by atoms with Crippen LogP contribution in [-0.2, 0) is 5.41 Å². The van der Waals surface area contributed by atoms with Gasteiger partial charge in [0, 0.05) is 5.41 Å². The van der Waals surface area contributed by atoms with Crippen LogP contribution in [0.5, 0.6) is 0 Å². The molecule has 90 valence electrons. The molecule has 8 heteroatoms. The molecule has 0 aliphatic heterocycles. The molecule has 0 spiro atoms. The van der Waals surface area contributed by atoms with Gasteiger partial charge in [-0.1, -0.05) is 20.8 Å². The van der Waals surface area contributed by atoms with Gasteiger partial charge in [0.05, 0.1) is 0 Å². The Morgan fingerprint density at radius 2 is 2.12 bits per heavy atom. The Balaban J connectivity index is 2.49. The van der Waals surface area contributed by atoms with E-state index in [2.05, 4.69) is 20.2 Å². The standard InChI is InChI=1S/C9H11ClN6O/c1-9(2,3)6-13-7(10)14-16(6)8(17)15-5-11-4-12-15/h4-5H,1-3H3. The van der Waals surface area contributed by atoms with Gasteiger partial charge in [0.1, 0.15) is 18.5 Å². The third kappa shape index (κ3) is 2.19. The van der Waals surface area contributed by atoms with E-state index in [9.17, 15) is 4.79 Å². The first-order valence-electron chi connectivity index (χ1n) is 4.92. The first-order chi connectivity index (χ1) is 7.89. The monoisotopic (exact) mass is 254 g/mol. The van der Waals surface area contributed by atoms with Crippen LogP contribution in [-0.4, -0.2) is 35.6 Å². The largest absolute Gasteiger partial charge is 0.372 e. The fourth-order valence-electron chi connectivity index (χ4n) is 1.31. The number of carbonyl (C=O) groups is 1.